The summed E-state index contributed by atoms with van der Waals surface area (Å²) in [5.41, 5.74) is 0. The molecule has 0 radical (unpaired) electrons. The SMILES string of the molecule is CCOC(=O)C(NC(=O)Cc1cc2ccccc2s1)C(C)C. The average Bonchev–Trinajstić information content (AvgIpc) is 2.86. The largest absolute Gasteiger partial charge is 0.464 e. The standard InChI is InChI=1S/C17H21NO3S/c1-4-21-17(20)16(11(2)3)18-15(19)10-13-9-12-7-5-6-8-14(12)22-13/h5-9,11,16H,4,10H2,1-3H3,(H,18,19). The molecular formula is C17H21NO3S. The van der Waals surface area contributed by atoms with Gasteiger partial charge in [0.2, 0.25) is 5.91 Å². The molecule has 1 amide bonds. The molecule has 0 saturated carbocycles. The van der Waals surface area contributed by atoms with Crippen molar-refractivity contribution < 1.29 is 14.3 Å². The van der Waals surface area contributed by atoms with E-state index in [4.69, 9.17) is 4.74 Å². The summed E-state index contributed by atoms with van der Waals surface area (Å²) in [6.45, 7) is 5.85. The maximum atomic E-state index is 12.2. The molecule has 118 valence electrons. The monoisotopic (exact) mass is 319 g/mol. The summed E-state index contributed by atoms with van der Waals surface area (Å²) in [5.74, 6) is -0.536. The summed E-state index contributed by atoms with van der Waals surface area (Å²) in [7, 11) is 0. The molecule has 0 aliphatic carbocycles. The zero-order valence-corrected chi connectivity index (χ0v) is 13.9. The molecule has 4 nitrogen and oxygen atoms in total. The molecule has 1 unspecified atom stereocenters. The predicted molar refractivity (Wildman–Crippen MR) is 88.9 cm³/mol. The van der Waals surface area contributed by atoms with Crippen molar-refractivity contribution in [2.24, 2.45) is 5.92 Å². The van der Waals surface area contributed by atoms with Crippen LogP contribution in [0.3, 0.4) is 0 Å². The van der Waals surface area contributed by atoms with Gasteiger partial charge in [-0.25, -0.2) is 4.79 Å². The van der Waals surface area contributed by atoms with E-state index in [2.05, 4.69) is 5.32 Å². The number of hydrogen-bond acceptors (Lipinski definition) is 4. The molecule has 2 rings (SSSR count). The van der Waals surface area contributed by atoms with Crippen molar-refractivity contribution in [3.8, 4) is 0 Å². The molecule has 0 fully saturated rings. The summed E-state index contributed by atoms with van der Waals surface area (Å²) in [6.07, 6.45) is 0.280. The number of benzene rings is 1. The van der Waals surface area contributed by atoms with E-state index >= 15 is 0 Å². The predicted octanol–water partition coefficient (Wildman–Crippen LogP) is 3.15. The number of ether oxygens (including phenoxy) is 1. The van der Waals surface area contributed by atoms with Gasteiger partial charge < -0.3 is 10.1 Å². The van der Waals surface area contributed by atoms with Gasteiger partial charge in [0, 0.05) is 9.58 Å². The molecule has 0 saturated heterocycles. The van der Waals surface area contributed by atoms with E-state index in [0.29, 0.717) is 6.61 Å². The van der Waals surface area contributed by atoms with Crippen molar-refractivity contribution in [3.05, 3.63) is 35.2 Å². The molecule has 2 aromatic rings. The van der Waals surface area contributed by atoms with Gasteiger partial charge in [0.15, 0.2) is 0 Å². The molecule has 5 heteroatoms. The Bertz CT molecular complexity index is 630. The number of hydrogen-bond donors (Lipinski definition) is 1. The van der Waals surface area contributed by atoms with E-state index < -0.39 is 6.04 Å². The lowest BCUT2D eigenvalue weighted by atomic mass is 10.0. The molecule has 1 aromatic heterocycles. The Morgan fingerprint density at radius 1 is 1.27 bits per heavy atom. The van der Waals surface area contributed by atoms with E-state index in [1.807, 2.05) is 44.2 Å². The molecule has 1 aromatic carbocycles. The van der Waals surface area contributed by atoms with Gasteiger partial charge in [-0.1, -0.05) is 32.0 Å². The first kappa shape index (κ1) is 16.5. The molecular weight excluding hydrogens is 298 g/mol. The van der Waals surface area contributed by atoms with Gasteiger partial charge >= 0.3 is 5.97 Å². The Morgan fingerprint density at radius 2 is 2.00 bits per heavy atom. The Labute approximate surface area is 134 Å². The van der Waals surface area contributed by atoms with E-state index in [1.165, 1.54) is 0 Å². The minimum Gasteiger partial charge on any atom is -0.464 e. The highest BCUT2D eigenvalue weighted by Crippen LogP contribution is 2.25. The Balaban J connectivity index is 2.02. The highest BCUT2D eigenvalue weighted by Gasteiger charge is 2.25. The second-order valence-electron chi connectivity index (χ2n) is 5.47. The van der Waals surface area contributed by atoms with Crippen molar-refractivity contribution in [1.29, 1.82) is 0 Å². The lowest BCUT2D eigenvalue weighted by Gasteiger charge is -2.20. The van der Waals surface area contributed by atoms with Crippen molar-refractivity contribution in [2.45, 2.75) is 33.2 Å². The van der Waals surface area contributed by atoms with E-state index in [-0.39, 0.29) is 24.2 Å². The lowest BCUT2D eigenvalue weighted by Crippen LogP contribution is -2.45. The average molecular weight is 319 g/mol. The summed E-state index contributed by atoms with van der Waals surface area (Å²) in [6, 6.07) is 9.46. The number of amides is 1. The Morgan fingerprint density at radius 3 is 2.64 bits per heavy atom. The number of thiophene rings is 1. The molecule has 0 bridgehead atoms. The van der Waals surface area contributed by atoms with Crippen LogP contribution in [0, 0.1) is 5.92 Å². The van der Waals surface area contributed by atoms with Crippen LogP contribution in [0.1, 0.15) is 25.6 Å². The van der Waals surface area contributed by atoms with Gasteiger partial charge in [0.1, 0.15) is 6.04 Å². The van der Waals surface area contributed by atoms with Crippen LogP contribution in [0.4, 0.5) is 0 Å². The van der Waals surface area contributed by atoms with Crippen LogP contribution in [0.5, 0.6) is 0 Å². The van der Waals surface area contributed by atoms with Gasteiger partial charge in [-0.15, -0.1) is 11.3 Å². The summed E-state index contributed by atoms with van der Waals surface area (Å²) in [4.78, 5) is 25.1. The smallest absolute Gasteiger partial charge is 0.328 e. The van der Waals surface area contributed by atoms with E-state index in [1.54, 1.807) is 18.3 Å². The number of fused-ring (bicyclic) bond motifs is 1. The van der Waals surface area contributed by atoms with Crippen LogP contribution < -0.4 is 5.32 Å². The third-order valence-electron chi connectivity index (χ3n) is 3.34. The van der Waals surface area contributed by atoms with Crippen molar-refractivity contribution >= 4 is 33.3 Å². The lowest BCUT2D eigenvalue weighted by molar-refractivity contribution is -0.148. The third-order valence-corrected chi connectivity index (χ3v) is 4.45. The fraction of sp³-hybridized carbons (Fsp3) is 0.412. The second kappa shape index (κ2) is 7.40. The molecule has 1 heterocycles. The maximum absolute atomic E-state index is 12.2. The second-order valence-corrected chi connectivity index (χ2v) is 6.64. The van der Waals surface area contributed by atoms with Crippen molar-refractivity contribution in [3.63, 3.8) is 0 Å². The fourth-order valence-electron chi connectivity index (χ4n) is 2.24. The Kier molecular flexibility index (Phi) is 5.55. The van der Waals surface area contributed by atoms with Crippen LogP contribution in [0.2, 0.25) is 0 Å². The molecule has 1 atom stereocenters. The van der Waals surface area contributed by atoms with Gasteiger partial charge in [-0.05, 0) is 30.4 Å². The quantitative estimate of drug-likeness (QED) is 0.832. The molecule has 0 aliphatic heterocycles. The molecule has 0 aliphatic rings. The number of carbonyl (C=O) groups excluding carboxylic acids is 2. The summed E-state index contributed by atoms with van der Waals surface area (Å²) in [5, 5.41) is 3.93. The normalized spacial score (nSPS) is 12.4. The molecule has 22 heavy (non-hydrogen) atoms. The summed E-state index contributed by atoms with van der Waals surface area (Å²) >= 11 is 1.60. The first-order valence-corrected chi connectivity index (χ1v) is 8.26. The molecule has 0 spiro atoms. The Hall–Kier alpha value is -1.88. The first-order valence-electron chi connectivity index (χ1n) is 7.44. The number of nitrogens with one attached hydrogen (secondary N) is 1. The maximum Gasteiger partial charge on any atom is 0.328 e. The molecule has 1 N–H and O–H groups in total. The highest BCUT2D eigenvalue weighted by atomic mass is 32.1. The number of carbonyl (C=O) groups is 2. The van der Waals surface area contributed by atoms with Crippen LogP contribution in [0.15, 0.2) is 30.3 Å². The van der Waals surface area contributed by atoms with Crippen LogP contribution in [-0.4, -0.2) is 24.5 Å². The van der Waals surface area contributed by atoms with Crippen molar-refractivity contribution in [1.82, 2.24) is 5.32 Å². The topological polar surface area (TPSA) is 55.4 Å². The van der Waals surface area contributed by atoms with Crippen LogP contribution >= 0.6 is 11.3 Å². The zero-order valence-electron chi connectivity index (χ0n) is 13.1. The van der Waals surface area contributed by atoms with E-state index in [0.717, 1.165) is 15.0 Å². The number of esters is 1. The highest BCUT2D eigenvalue weighted by molar-refractivity contribution is 7.19. The summed E-state index contributed by atoms with van der Waals surface area (Å²) < 4.78 is 6.18. The first-order chi connectivity index (χ1) is 10.5. The van der Waals surface area contributed by atoms with Gasteiger partial charge in [0.05, 0.1) is 13.0 Å². The fourth-order valence-corrected chi connectivity index (χ4v) is 3.30. The van der Waals surface area contributed by atoms with Gasteiger partial charge in [-0.2, -0.15) is 0 Å². The van der Waals surface area contributed by atoms with E-state index in [9.17, 15) is 9.59 Å². The van der Waals surface area contributed by atoms with Crippen LogP contribution in [-0.2, 0) is 20.7 Å². The zero-order chi connectivity index (χ0) is 16.1. The van der Waals surface area contributed by atoms with Crippen LogP contribution in [0.25, 0.3) is 10.1 Å². The van der Waals surface area contributed by atoms with Gasteiger partial charge in [-0.3, -0.25) is 4.79 Å². The van der Waals surface area contributed by atoms with Crippen molar-refractivity contribution in [2.75, 3.05) is 6.61 Å². The van der Waals surface area contributed by atoms with Gasteiger partial charge in [0.25, 0.3) is 0 Å². The minimum atomic E-state index is -0.596. The third kappa shape index (κ3) is 4.07. The number of rotatable bonds is 6. The minimum absolute atomic E-state index is 0.00888.